The maximum absolute atomic E-state index is 12.7. The molecule has 4 aromatic rings. The topological polar surface area (TPSA) is 115 Å². The highest BCUT2D eigenvalue weighted by molar-refractivity contribution is 7.93. The molecule has 4 heterocycles. The third-order valence-electron chi connectivity index (χ3n) is 4.32. The quantitative estimate of drug-likeness (QED) is 0.464. The lowest BCUT2D eigenvalue weighted by molar-refractivity contribution is 0.217. The molecule has 0 spiro atoms. The summed E-state index contributed by atoms with van der Waals surface area (Å²) in [6.45, 7) is 2.32. The molecule has 0 saturated heterocycles. The van der Waals surface area contributed by atoms with Gasteiger partial charge in [0.15, 0.2) is 10.8 Å². The Labute approximate surface area is 172 Å². The molecule has 1 atom stereocenters. The van der Waals surface area contributed by atoms with Crippen molar-refractivity contribution in [3.05, 3.63) is 23.6 Å². The summed E-state index contributed by atoms with van der Waals surface area (Å²) in [5.41, 5.74) is 8.37. The first-order chi connectivity index (χ1) is 13.5. The SMILES string of the molecule is COCC[S+]([O-])c1sc2nc(-c3nccs3)nc(-c3cnc(C)n3C)c2c1N. The molecule has 0 aliphatic heterocycles. The maximum atomic E-state index is 12.7. The third-order valence-corrected chi connectivity index (χ3v) is 7.96. The molecule has 8 nitrogen and oxygen atoms in total. The van der Waals surface area contributed by atoms with Gasteiger partial charge in [0, 0.05) is 36.9 Å². The van der Waals surface area contributed by atoms with Crippen LogP contribution in [0.2, 0.25) is 0 Å². The summed E-state index contributed by atoms with van der Waals surface area (Å²) in [5.74, 6) is 1.75. The van der Waals surface area contributed by atoms with E-state index < -0.39 is 11.2 Å². The summed E-state index contributed by atoms with van der Waals surface area (Å²) in [4.78, 5) is 18.8. The number of nitrogen functional groups attached to an aromatic ring is 1. The Morgan fingerprint density at radius 1 is 1.32 bits per heavy atom. The first-order valence-electron chi connectivity index (χ1n) is 8.37. The van der Waals surface area contributed by atoms with Crippen LogP contribution < -0.4 is 5.73 Å². The van der Waals surface area contributed by atoms with Crippen molar-refractivity contribution < 1.29 is 9.29 Å². The Hall–Kier alpha value is -2.05. The van der Waals surface area contributed by atoms with Crippen LogP contribution in [0.3, 0.4) is 0 Å². The maximum Gasteiger partial charge on any atom is 0.232 e. The fourth-order valence-corrected chi connectivity index (χ4v) is 5.87. The molecule has 0 radical (unpaired) electrons. The number of nitrogens with zero attached hydrogens (tertiary/aromatic N) is 5. The fraction of sp³-hybridized carbons (Fsp3) is 0.294. The Balaban J connectivity index is 1.96. The lowest BCUT2D eigenvalue weighted by Crippen LogP contribution is -2.11. The predicted molar refractivity (Wildman–Crippen MR) is 113 cm³/mol. The first-order valence-corrected chi connectivity index (χ1v) is 11.4. The summed E-state index contributed by atoms with van der Waals surface area (Å²) < 4.78 is 20.3. The number of thiazole rings is 1. The molecule has 0 amide bonds. The van der Waals surface area contributed by atoms with E-state index >= 15 is 0 Å². The fourth-order valence-electron chi connectivity index (χ4n) is 2.76. The van der Waals surface area contributed by atoms with Crippen molar-refractivity contribution in [3.63, 3.8) is 0 Å². The van der Waals surface area contributed by atoms with Gasteiger partial charge in [0.05, 0.1) is 23.9 Å². The number of nitrogens with two attached hydrogens (primary N) is 1. The van der Waals surface area contributed by atoms with Crippen LogP contribution in [0, 0.1) is 6.92 Å². The van der Waals surface area contributed by atoms with Gasteiger partial charge in [0.1, 0.15) is 27.8 Å². The van der Waals surface area contributed by atoms with Crippen LogP contribution in [0.5, 0.6) is 0 Å². The van der Waals surface area contributed by atoms with E-state index in [1.165, 1.54) is 22.7 Å². The van der Waals surface area contributed by atoms with E-state index in [9.17, 15) is 4.55 Å². The molecule has 4 aromatic heterocycles. The molecule has 0 aliphatic carbocycles. The monoisotopic (exact) mass is 434 g/mol. The third kappa shape index (κ3) is 3.29. The van der Waals surface area contributed by atoms with Crippen LogP contribution in [-0.2, 0) is 23.0 Å². The second-order valence-electron chi connectivity index (χ2n) is 6.01. The number of aryl methyl sites for hydroxylation is 1. The highest BCUT2D eigenvalue weighted by atomic mass is 32.2. The zero-order valence-electron chi connectivity index (χ0n) is 15.5. The van der Waals surface area contributed by atoms with Gasteiger partial charge in [-0.2, -0.15) is 0 Å². The van der Waals surface area contributed by atoms with Gasteiger partial charge >= 0.3 is 0 Å². The molecule has 0 aromatic carbocycles. The predicted octanol–water partition coefficient (Wildman–Crippen LogP) is 2.86. The molecule has 1 unspecified atom stereocenters. The zero-order chi connectivity index (χ0) is 19.8. The van der Waals surface area contributed by atoms with Crippen LogP contribution >= 0.6 is 22.7 Å². The van der Waals surface area contributed by atoms with Crippen LogP contribution in [0.1, 0.15) is 5.82 Å². The number of hydrogen-bond acceptors (Lipinski definition) is 9. The van der Waals surface area contributed by atoms with E-state index in [0.717, 1.165) is 16.5 Å². The molecular formula is C17H18N6O2S3. The standard InChI is InChI=1S/C17H18N6O2S3/c1-9-20-8-10(23(9)2)13-11-12(18)17(28(24)7-5-25-3)27-15(11)22-14(21-13)16-19-4-6-26-16/h4,6,8H,5,7,18H2,1-3H3. The van der Waals surface area contributed by atoms with Crippen molar-refractivity contribution in [1.82, 2.24) is 24.5 Å². The van der Waals surface area contributed by atoms with Crippen LogP contribution in [0.4, 0.5) is 5.69 Å². The molecule has 146 valence electrons. The van der Waals surface area contributed by atoms with E-state index in [0.29, 0.717) is 44.0 Å². The number of fused-ring (bicyclic) bond motifs is 1. The molecule has 28 heavy (non-hydrogen) atoms. The van der Waals surface area contributed by atoms with E-state index in [2.05, 4.69) is 15.0 Å². The van der Waals surface area contributed by atoms with Crippen LogP contribution in [0.25, 0.3) is 32.4 Å². The normalized spacial score (nSPS) is 12.7. The summed E-state index contributed by atoms with van der Waals surface area (Å²) in [6.07, 6.45) is 3.48. The number of ether oxygens (including phenoxy) is 1. The number of aromatic nitrogens is 5. The minimum absolute atomic E-state index is 0.375. The number of methoxy groups -OCH3 is 1. The van der Waals surface area contributed by atoms with E-state index in [4.69, 9.17) is 15.5 Å². The second-order valence-corrected chi connectivity index (χ2v) is 9.67. The van der Waals surface area contributed by atoms with Crippen LogP contribution in [-0.4, -0.2) is 48.5 Å². The Kier molecular flexibility index (Phi) is 5.34. The van der Waals surface area contributed by atoms with Crippen molar-refractivity contribution in [2.24, 2.45) is 7.05 Å². The molecule has 0 fully saturated rings. The highest BCUT2D eigenvalue weighted by Gasteiger charge is 2.27. The van der Waals surface area contributed by atoms with Crippen molar-refractivity contribution in [2.75, 3.05) is 25.2 Å². The number of thiophene rings is 1. The molecule has 4 rings (SSSR count). The first kappa shape index (κ1) is 19.3. The summed E-state index contributed by atoms with van der Waals surface area (Å²) in [5, 5.41) is 3.30. The van der Waals surface area contributed by atoms with Gasteiger partial charge in [-0.15, -0.1) is 11.3 Å². The van der Waals surface area contributed by atoms with Gasteiger partial charge in [-0.1, -0.05) is 11.3 Å². The van der Waals surface area contributed by atoms with Crippen molar-refractivity contribution in [1.29, 1.82) is 0 Å². The van der Waals surface area contributed by atoms with E-state index in [1.807, 2.05) is 23.9 Å². The Morgan fingerprint density at radius 3 is 2.79 bits per heavy atom. The summed E-state index contributed by atoms with van der Waals surface area (Å²) >= 11 is 1.52. The van der Waals surface area contributed by atoms with Crippen molar-refractivity contribution >= 4 is 49.8 Å². The minimum atomic E-state index is -1.27. The minimum Gasteiger partial charge on any atom is -0.611 e. The number of anilines is 1. The van der Waals surface area contributed by atoms with Gasteiger partial charge in [-0.05, 0) is 6.92 Å². The largest absolute Gasteiger partial charge is 0.611 e. The molecule has 11 heteroatoms. The smallest absolute Gasteiger partial charge is 0.232 e. The molecule has 0 saturated carbocycles. The highest BCUT2D eigenvalue weighted by Crippen LogP contribution is 2.42. The van der Waals surface area contributed by atoms with E-state index in [-0.39, 0.29) is 0 Å². The van der Waals surface area contributed by atoms with Gasteiger partial charge in [-0.3, -0.25) is 0 Å². The average Bonchev–Trinajstić information content (AvgIpc) is 3.41. The summed E-state index contributed by atoms with van der Waals surface area (Å²) in [7, 11) is 3.51. The van der Waals surface area contributed by atoms with Crippen molar-refractivity contribution in [3.8, 4) is 22.2 Å². The number of rotatable bonds is 6. The number of hydrogen-bond donors (Lipinski definition) is 1. The van der Waals surface area contributed by atoms with Gasteiger partial charge in [0.2, 0.25) is 4.21 Å². The lowest BCUT2D eigenvalue weighted by Gasteiger charge is -2.09. The molecule has 2 N–H and O–H groups in total. The Bertz CT molecular complexity index is 1120. The second kappa shape index (κ2) is 7.76. The average molecular weight is 435 g/mol. The zero-order valence-corrected chi connectivity index (χ0v) is 18.0. The van der Waals surface area contributed by atoms with E-state index in [1.54, 1.807) is 19.5 Å². The van der Waals surface area contributed by atoms with Gasteiger partial charge < -0.3 is 19.6 Å². The van der Waals surface area contributed by atoms with Crippen molar-refractivity contribution in [2.45, 2.75) is 11.1 Å². The number of imidazole rings is 1. The molecule has 0 bridgehead atoms. The van der Waals surface area contributed by atoms with Crippen LogP contribution in [0.15, 0.2) is 22.0 Å². The van der Waals surface area contributed by atoms with Gasteiger partial charge in [-0.25, -0.2) is 19.9 Å². The lowest BCUT2D eigenvalue weighted by atomic mass is 10.2. The Morgan fingerprint density at radius 2 is 2.14 bits per heavy atom. The summed E-state index contributed by atoms with van der Waals surface area (Å²) in [6, 6.07) is 0. The van der Waals surface area contributed by atoms with Gasteiger partial charge in [0.25, 0.3) is 0 Å². The molecular weight excluding hydrogens is 416 g/mol. The molecule has 0 aliphatic rings.